The summed E-state index contributed by atoms with van der Waals surface area (Å²) < 4.78 is 0. The Hall–Kier alpha value is -1.46. The van der Waals surface area contributed by atoms with Crippen molar-refractivity contribution >= 4 is 10.8 Å². The third-order valence-corrected chi connectivity index (χ3v) is 6.51. The highest BCUT2D eigenvalue weighted by molar-refractivity contribution is 5.85. The highest BCUT2D eigenvalue weighted by Crippen LogP contribution is 2.25. The monoisotopic (exact) mass is 367 g/mol. The predicted molar refractivity (Wildman–Crippen MR) is 112 cm³/mol. The zero-order valence-corrected chi connectivity index (χ0v) is 16.6. The quantitative estimate of drug-likeness (QED) is 0.880. The fourth-order valence-electron chi connectivity index (χ4n) is 4.96. The third kappa shape index (κ3) is 4.35. The third-order valence-electron chi connectivity index (χ3n) is 6.51. The van der Waals surface area contributed by atoms with Crippen LogP contribution in [0.3, 0.4) is 0 Å². The molecule has 4 rings (SSSR count). The van der Waals surface area contributed by atoms with Gasteiger partial charge in [-0.2, -0.15) is 0 Å². The normalized spacial score (nSPS) is 23.9. The first-order valence-electron chi connectivity index (χ1n) is 10.5. The maximum atomic E-state index is 9.64. The van der Waals surface area contributed by atoms with Crippen LogP contribution in [0.4, 0.5) is 0 Å². The Morgan fingerprint density at radius 1 is 0.963 bits per heavy atom. The average Bonchev–Trinajstić information content (AvgIpc) is 2.70. The molecule has 146 valence electrons. The lowest BCUT2D eigenvalue weighted by Crippen LogP contribution is -2.58. The maximum absolute atomic E-state index is 9.64. The van der Waals surface area contributed by atoms with Gasteiger partial charge in [0, 0.05) is 44.9 Å². The smallest absolute Gasteiger partial charge is 0.0446 e. The molecule has 4 heteroatoms. The van der Waals surface area contributed by atoms with Gasteiger partial charge in [0.1, 0.15) is 0 Å². The second-order valence-corrected chi connectivity index (χ2v) is 8.31. The van der Waals surface area contributed by atoms with Gasteiger partial charge in [0.05, 0.1) is 0 Å². The van der Waals surface area contributed by atoms with Crippen LogP contribution in [0, 0.1) is 0 Å². The largest absolute Gasteiger partial charge is 0.396 e. The maximum Gasteiger partial charge on any atom is 0.0446 e. The Kier molecular flexibility index (Phi) is 6.08. The van der Waals surface area contributed by atoms with Crippen molar-refractivity contribution in [2.45, 2.75) is 37.9 Å². The number of piperidine rings is 1. The van der Waals surface area contributed by atoms with E-state index < -0.39 is 0 Å². The summed E-state index contributed by atoms with van der Waals surface area (Å²) in [4.78, 5) is 7.74. The summed E-state index contributed by atoms with van der Waals surface area (Å²) in [5, 5.41) is 12.3. The van der Waals surface area contributed by atoms with Crippen molar-refractivity contribution in [1.29, 1.82) is 0 Å². The molecule has 2 aliphatic rings. The minimum absolute atomic E-state index is 0.288. The van der Waals surface area contributed by atoms with Gasteiger partial charge in [0.2, 0.25) is 0 Å². The molecule has 0 saturated carbocycles. The van der Waals surface area contributed by atoms with Crippen LogP contribution < -0.4 is 0 Å². The highest BCUT2D eigenvalue weighted by Gasteiger charge is 2.33. The standard InChI is InChI=1S/C23H33N3O/c1-24-12-9-21(10-13-24)26-15-14-25(18-22(26)11-16-27)17-20-7-4-6-19-5-2-3-8-23(19)20/h2-8,21-22,27H,9-18H2,1H3. The van der Waals surface area contributed by atoms with Crippen LogP contribution in [0.15, 0.2) is 42.5 Å². The van der Waals surface area contributed by atoms with Crippen molar-refractivity contribution < 1.29 is 5.11 Å². The molecule has 0 spiro atoms. The Morgan fingerprint density at radius 2 is 1.74 bits per heavy atom. The number of aliphatic hydroxyl groups excluding tert-OH is 1. The lowest BCUT2D eigenvalue weighted by atomic mass is 9.97. The van der Waals surface area contributed by atoms with Crippen molar-refractivity contribution in [2.75, 3.05) is 46.4 Å². The molecule has 0 bridgehead atoms. The van der Waals surface area contributed by atoms with Gasteiger partial charge in [-0.15, -0.1) is 0 Å². The zero-order valence-electron chi connectivity index (χ0n) is 16.6. The van der Waals surface area contributed by atoms with Crippen molar-refractivity contribution in [1.82, 2.24) is 14.7 Å². The number of likely N-dealkylation sites (tertiary alicyclic amines) is 1. The Bertz CT molecular complexity index is 736. The summed E-state index contributed by atoms with van der Waals surface area (Å²) in [6.07, 6.45) is 3.42. The first-order valence-corrected chi connectivity index (χ1v) is 10.5. The fourth-order valence-corrected chi connectivity index (χ4v) is 4.96. The van der Waals surface area contributed by atoms with Gasteiger partial charge in [-0.25, -0.2) is 0 Å². The minimum Gasteiger partial charge on any atom is -0.396 e. The highest BCUT2D eigenvalue weighted by atomic mass is 16.3. The number of hydrogen-bond donors (Lipinski definition) is 1. The number of aliphatic hydroxyl groups is 1. The van der Waals surface area contributed by atoms with Crippen LogP contribution in [0.2, 0.25) is 0 Å². The molecule has 2 aliphatic heterocycles. The Labute approximate surface area is 163 Å². The number of fused-ring (bicyclic) bond motifs is 1. The van der Waals surface area contributed by atoms with Crippen molar-refractivity contribution in [2.24, 2.45) is 0 Å². The van der Waals surface area contributed by atoms with E-state index in [1.165, 1.54) is 42.3 Å². The molecule has 0 aliphatic carbocycles. The van der Waals surface area contributed by atoms with Crippen LogP contribution >= 0.6 is 0 Å². The molecule has 4 nitrogen and oxygen atoms in total. The van der Waals surface area contributed by atoms with Crippen molar-refractivity contribution in [3.05, 3.63) is 48.0 Å². The topological polar surface area (TPSA) is 30.0 Å². The molecule has 1 atom stereocenters. The van der Waals surface area contributed by atoms with Crippen LogP contribution in [0.25, 0.3) is 10.8 Å². The second kappa shape index (κ2) is 8.70. The lowest BCUT2D eigenvalue weighted by Gasteiger charge is -2.47. The van der Waals surface area contributed by atoms with E-state index in [1.54, 1.807) is 0 Å². The molecule has 2 heterocycles. The van der Waals surface area contributed by atoms with E-state index in [1.807, 2.05) is 0 Å². The Morgan fingerprint density at radius 3 is 2.56 bits per heavy atom. The van der Waals surface area contributed by atoms with Gasteiger partial charge >= 0.3 is 0 Å². The first kappa shape index (κ1) is 18.9. The molecular weight excluding hydrogens is 334 g/mol. The van der Waals surface area contributed by atoms with Crippen LogP contribution in [0.1, 0.15) is 24.8 Å². The molecule has 2 fully saturated rings. The van der Waals surface area contributed by atoms with E-state index >= 15 is 0 Å². The zero-order chi connectivity index (χ0) is 18.6. The van der Waals surface area contributed by atoms with Gasteiger partial charge in [-0.3, -0.25) is 9.80 Å². The molecule has 27 heavy (non-hydrogen) atoms. The van der Waals surface area contributed by atoms with Crippen LogP contribution in [-0.2, 0) is 6.54 Å². The first-order chi connectivity index (χ1) is 13.2. The summed E-state index contributed by atoms with van der Waals surface area (Å²) in [5.41, 5.74) is 1.42. The van der Waals surface area contributed by atoms with Crippen molar-refractivity contribution in [3.8, 4) is 0 Å². The van der Waals surface area contributed by atoms with E-state index in [-0.39, 0.29) is 6.61 Å². The van der Waals surface area contributed by atoms with E-state index in [9.17, 15) is 5.11 Å². The number of hydrogen-bond acceptors (Lipinski definition) is 4. The number of rotatable bonds is 5. The predicted octanol–water partition coefficient (Wildman–Crippen LogP) is 2.80. The summed E-state index contributed by atoms with van der Waals surface area (Å²) in [6, 6.07) is 16.5. The lowest BCUT2D eigenvalue weighted by molar-refractivity contribution is 0.00611. The van der Waals surface area contributed by atoms with E-state index in [2.05, 4.69) is 64.2 Å². The van der Waals surface area contributed by atoms with Gasteiger partial charge in [0.25, 0.3) is 0 Å². The molecule has 0 radical (unpaired) electrons. The summed E-state index contributed by atoms with van der Waals surface area (Å²) in [6.45, 7) is 7.01. The number of benzene rings is 2. The fraction of sp³-hybridized carbons (Fsp3) is 0.565. The summed E-state index contributed by atoms with van der Waals surface area (Å²) in [7, 11) is 2.23. The van der Waals surface area contributed by atoms with Gasteiger partial charge in [0.15, 0.2) is 0 Å². The minimum atomic E-state index is 0.288. The van der Waals surface area contributed by atoms with Gasteiger partial charge < -0.3 is 10.0 Å². The van der Waals surface area contributed by atoms with Crippen LogP contribution in [-0.4, -0.2) is 78.3 Å². The number of piperazine rings is 1. The SMILES string of the molecule is CN1CCC(N2CCN(Cc3cccc4ccccc34)CC2CCO)CC1. The molecule has 0 aromatic heterocycles. The number of nitrogens with zero attached hydrogens (tertiary/aromatic N) is 3. The Balaban J connectivity index is 1.45. The second-order valence-electron chi connectivity index (χ2n) is 8.31. The molecule has 2 aromatic carbocycles. The van der Waals surface area contributed by atoms with Gasteiger partial charge in [-0.1, -0.05) is 42.5 Å². The molecule has 1 unspecified atom stereocenters. The summed E-state index contributed by atoms with van der Waals surface area (Å²) in [5.74, 6) is 0. The molecule has 0 amide bonds. The molecule has 2 aromatic rings. The van der Waals surface area contributed by atoms with Crippen molar-refractivity contribution in [3.63, 3.8) is 0 Å². The van der Waals surface area contributed by atoms with Gasteiger partial charge in [-0.05, 0) is 55.7 Å². The molecular formula is C23H33N3O. The molecule has 2 saturated heterocycles. The van der Waals surface area contributed by atoms with E-state index in [0.29, 0.717) is 12.1 Å². The average molecular weight is 368 g/mol. The molecule has 1 N–H and O–H groups in total. The summed E-state index contributed by atoms with van der Waals surface area (Å²) >= 11 is 0. The van der Waals surface area contributed by atoms with E-state index in [0.717, 1.165) is 32.6 Å². The van der Waals surface area contributed by atoms with Crippen LogP contribution in [0.5, 0.6) is 0 Å². The van der Waals surface area contributed by atoms with E-state index in [4.69, 9.17) is 0 Å².